The van der Waals surface area contributed by atoms with Crippen LogP contribution in [0.5, 0.6) is 0 Å². The van der Waals surface area contributed by atoms with Gasteiger partial charge in [0.1, 0.15) is 11.9 Å². The molecule has 0 saturated heterocycles. The minimum absolute atomic E-state index is 0.0469. The van der Waals surface area contributed by atoms with E-state index in [4.69, 9.17) is 4.98 Å². The molecule has 1 aromatic carbocycles. The van der Waals surface area contributed by atoms with Crippen molar-refractivity contribution in [1.29, 1.82) is 0 Å². The van der Waals surface area contributed by atoms with E-state index in [2.05, 4.69) is 38.0 Å². The molecule has 0 aliphatic rings. The Morgan fingerprint density at radius 3 is 2.48 bits per heavy atom. The second-order valence-electron chi connectivity index (χ2n) is 7.79. The Bertz CT molecular complexity index is 832. The molecule has 3 atom stereocenters. The van der Waals surface area contributed by atoms with Crippen molar-refractivity contribution in [2.45, 2.75) is 52.6 Å². The summed E-state index contributed by atoms with van der Waals surface area (Å²) in [5.74, 6) is 1.58. The minimum atomic E-state index is -0.212. The standard InChI is InChI=1S/C22H30N4O/c1-5-16(4)20(21-23-17-10-6-7-11-18(17)24-21)25-22(27)19(14-15(2)3)26-12-8-9-13-26/h6-13,15-16,19-20H,5,14H2,1-4H3,(H,23,24)(H,25,27)/t16-,19+,20-/m1/s1. The summed E-state index contributed by atoms with van der Waals surface area (Å²) in [7, 11) is 0. The van der Waals surface area contributed by atoms with Crippen molar-refractivity contribution in [2.75, 3.05) is 0 Å². The van der Waals surface area contributed by atoms with E-state index in [1.165, 1.54) is 0 Å². The van der Waals surface area contributed by atoms with Gasteiger partial charge in [-0.05, 0) is 42.5 Å². The minimum Gasteiger partial charge on any atom is -0.344 e. The fraction of sp³-hybridized carbons (Fsp3) is 0.455. The molecule has 0 aliphatic heterocycles. The van der Waals surface area contributed by atoms with Crippen LogP contribution in [-0.4, -0.2) is 20.4 Å². The number of nitrogens with zero attached hydrogens (tertiary/aromatic N) is 2. The Hall–Kier alpha value is -2.56. The first-order chi connectivity index (χ1) is 13.0. The Balaban J connectivity index is 1.87. The van der Waals surface area contributed by atoms with Crippen LogP contribution in [-0.2, 0) is 4.79 Å². The van der Waals surface area contributed by atoms with Crippen molar-refractivity contribution in [3.05, 3.63) is 54.6 Å². The first-order valence-electron chi connectivity index (χ1n) is 9.87. The molecule has 2 N–H and O–H groups in total. The van der Waals surface area contributed by atoms with Crippen molar-refractivity contribution < 1.29 is 4.79 Å². The van der Waals surface area contributed by atoms with E-state index in [0.29, 0.717) is 5.92 Å². The zero-order valence-electron chi connectivity index (χ0n) is 16.6. The number of benzene rings is 1. The van der Waals surface area contributed by atoms with Gasteiger partial charge in [0, 0.05) is 12.4 Å². The average molecular weight is 367 g/mol. The van der Waals surface area contributed by atoms with Gasteiger partial charge in [0.25, 0.3) is 0 Å². The van der Waals surface area contributed by atoms with Gasteiger partial charge >= 0.3 is 0 Å². The van der Waals surface area contributed by atoms with Crippen LogP contribution in [0.15, 0.2) is 48.8 Å². The number of para-hydroxylation sites is 2. The summed E-state index contributed by atoms with van der Waals surface area (Å²) in [6, 6.07) is 11.6. The maximum Gasteiger partial charge on any atom is 0.243 e. The van der Waals surface area contributed by atoms with Gasteiger partial charge in [-0.2, -0.15) is 0 Å². The number of nitrogens with one attached hydrogen (secondary N) is 2. The topological polar surface area (TPSA) is 62.7 Å². The molecule has 1 amide bonds. The molecule has 0 radical (unpaired) electrons. The predicted molar refractivity (Wildman–Crippen MR) is 109 cm³/mol. The van der Waals surface area contributed by atoms with Gasteiger partial charge in [0.05, 0.1) is 17.1 Å². The van der Waals surface area contributed by atoms with Crippen LogP contribution in [0.1, 0.15) is 58.4 Å². The molecule has 0 fully saturated rings. The summed E-state index contributed by atoms with van der Waals surface area (Å²) in [5.41, 5.74) is 1.93. The third-order valence-corrected chi connectivity index (χ3v) is 5.20. The molecule has 3 rings (SSSR count). The van der Waals surface area contributed by atoms with Crippen LogP contribution in [0.25, 0.3) is 11.0 Å². The smallest absolute Gasteiger partial charge is 0.243 e. The second kappa shape index (κ2) is 8.42. The van der Waals surface area contributed by atoms with E-state index in [1.54, 1.807) is 0 Å². The molecule has 27 heavy (non-hydrogen) atoms. The monoisotopic (exact) mass is 366 g/mol. The summed E-state index contributed by atoms with van der Waals surface area (Å²) in [4.78, 5) is 21.4. The van der Waals surface area contributed by atoms with Crippen molar-refractivity contribution in [3.63, 3.8) is 0 Å². The number of aromatic amines is 1. The van der Waals surface area contributed by atoms with Crippen molar-refractivity contribution >= 4 is 16.9 Å². The first-order valence-corrected chi connectivity index (χ1v) is 9.87. The van der Waals surface area contributed by atoms with Crippen molar-refractivity contribution in [3.8, 4) is 0 Å². The highest BCUT2D eigenvalue weighted by atomic mass is 16.2. The van der Waals surface area contributed by atoms with Crippen LogP contribution in [0.3, 0.4) is 0 Å². The molecule has 0 unspecified atom stereocenters. The summed E-state index contributed by atoms with van der Waals surface area (Å²) in [6.45, 7) is 8.60. The average Bonchev–Trinajstić information content (AvgIpc) is 3.32. The number of aromatic nitrogens is 3. The molecule has 5 heteroatoms. The summed E-state index contributed by atoms with van der Waals surface area (Å²) in [6.07, 6.45) is 5.69. The molecular formula is C22H30N4O. The highest BCUT2D eigenvalue weighted by molar-refractivity contribution is 5.81. The van der Waals surface area contributed by atoms with Gasteiger partial charge < -0.3 is 14.9 Å². The van der Waals surface area contributed by atoms with Gasteiger partial charge in [0.2, 0.25) is 5.91 Å². The fourth-order valence-corrected chi connectivity index (χ4v) is 3.45. The summed E-state index contributed by atoms with van der Waals surface area (Å²) < 4.78 is 2.00. The van der Waals surface area contributed by atoms with Gasteiger partial charge in [-0.15, -0.1) is 0 Å². The van der Waals surface area contributed by atoms with E-state index < -0.39 is 0 Å². The van der Waals surface area contributed by atoms with Gasteiger partial charge in [0.15, 0.2) is 0 Å². The highest BCUT2D eigenvalue weighted by Crippen LogP contribution is 2.26. The van der Waals surface area contributed by atoms with Gasteiger partial charge in [-0.3, -0.25) is 4.79 Å². The Labute approximate surface area is 161 Å². The molecule has 0 aliphatic carbocycles. The summed E-state index contributed by atoms with van der Waals surface area (Å²) >= 11 is 0. The SMILES string of the molecule is CC[C@@H](C)[C@@H](NC(=O)[C@H](CC(C)C)n1cccc1)c1nc2ccccc2[nH]1. The number of imidazole rings is 1. The lowest BCUT2D eigenvalue weighted by Gasteiger charge is -2.27. The molecule has 0 saturated carbocycles. The zero-order chi connectivity index (χ0) is 19.4. The highest BCUT2D eigenvalue weighted by Gasteiger charge is 2.28. The lowest BCUT2D eigenvalue weighted by atomic mass is 9.97. The maximum atomic E-state index is 13.2. The number of fused-ring (bicyclic) bond motifs is 1. The zero-order valence-corrected chi connectivity index (χ0v) is 16.6. The molecular weight excluding hydrogens is 336 g/mol. The van der Waals surface area contributed by atoms with Crippen LogP contribution in [0.4, 0.5) is 0 Å². The molecule has 0 bridgehead atoms. The molecule has 2 aromatic heterocycles. The second-order valence-corrected chi connectivity index (χ2v) is 7.79. The number of carbonyl (C=O) groups is 1. The Morgan fingerprint density at radius 2 is 1.85 bits per heavy atom. The molecule has 2 heterocycles. The number of H-pyrrole nitrogens is 1. The third-order valence-electron chi connectivity index (χ3n) is 5.20. The number of hydrogen-bond donors (Lipinski definition) is 2. The summed E-state index contributed by atoms with van der Waals surface area (Å²) in [5, 5.41) is 3.29. The van der Waals surface area contributed by atoms with Crippen LogP contribution in [0, 0.1) is 11.8 Å². The van der Waals surface area contributed by atoms with E-state index in [9.17, 15) is 4.79 Å². The van der Waals surface area contributed by atoms with E-state index >= 15 is 0 Å². The van der Waals surface area contributed by atoms with Crippen LogP contribution >= 0.6 is 0 Å². The van der Waals surface area contributed by atoms with E-state index in [0.717, 1.165) is 29.7 Å². The Morgan fingerprint density at radius 1 is 1.15 bits per heavy atom. The van der Waals surface area contributed by atoms with Crippen LogP contribution in [0.2, 0.25) is 0 Å². The quantitative estimate of drug-likeness (QED) is 0.598. The number of hydrogen-bond acceptors (Lipinski definition) is 2. The maximum absolute atomic E-state index is 13.2. The van der Waals surface area contributed by atoms with Crippen molar-refractivity contribution in [2.24, 2.45) is 11.8 Å². The first kappa shape index (κ1) is 19.2. The molecule has 144 valence electrons. The number of carbonyl (C=O) groups excluding carboxylic acids is 1. The Kier molecular flexibility index (Phi) is 5.99. The van der Waals surface area contributed by atoms with Crippen LogP contribution < -0.4 is 5.32 Å². The van der Waals surface area contributed by atoms with Crippen molar-refractivity contribution in [1.82, 2.24) is 19.9 Å². The predicted octanol–water partition coefficient (Wildman–Crippen LogP) is 4.86. The fourth-order valence-electron chi connectivity index (χ4n) is 3.45. The van der Waals surface area contributed by atoms with E-state index in [-0.39, 0.29) is 23.9 Å². The molecule has 0 spiro atoms. The largest absolute Gasteiger partial charge is 0.344 e. The van der Waals surface area contributed by atoms with E-state index in [1.807, 2.05) is 53.4 Å². The lowest BCUT2D eigenvalue weighted by molar-refractivity contribution is -0.126. The number of amides is 1. The normalized spacial score (nSPS) is 15.0. The third kappa shape index (κ3) is 4.41. The number of rotatable bonds is 8. The molecule has 5 nitrogen and oxygen atoms in total. The van der Waals surface area contributed by atoms with Gasteiger partial charge in [-0.1, -0.05) is 46.2 Å². The molecule has 3 aromatic rings. The lowest BCUT2D eigenvalue weighted by Crippen LogP contribution is -2.38. The van der Waals surface area contributed by atoms with Gasteiger partial charge in [-0.25, -0.2) is 4.98 Å².